The van der Waals surface area contributed by atoms with Gasteiger partial charge in [0.25, 0.3) is 0 Å². The van der Waals surface area contributed by atoms with Gasteiger partial charge in [0.05, 0.1) is 17.8 Å². The fourth-order valence-corrected chi connectivity index (χ4v) is 2.24. The van der Waals surface area contributed by atoms with Crippen LogP contribution in [0.25, 0.3) is 0 Å². The molecule has 21 heavy (non-hydrogen) atoms. The van der Waals surface area contributed by atoms with E-state index in [1.807, 2.05) is 6.92 Å². The van der Waals surface area contributed by atoms with Crippen molar-refractivity contribution >= 4 is 5.84 Å². The van der Waals surface area contributed by atoms with E-state index in [4.69, 9.17) is 20.6 Å². The third-order valence-corrected chi connectivity index (χ3v) is 3.34. The predicted molar refractivity (Wildman–Crippen MR) is 71.5 cm³/mol. The Morgan fingerprint density at radius 3 is 2.67 bits per heavy atom. The van der Waals surface area contributed by atoms with E-state index >= 15 is 0 Å². The number of halogens is 3. The molecule has 1 fully saturated rings. The van der Waals surface area contributed by atoms with Gasteiger partial charge in [-0.1, -0.05) is 0 Å². The highest BCUT2D eigenvalue weighted by atomic mass is 19.4. The lowest BCUT2D eigenvalue weighted by atomic mass is 10.1. The second kappa shape index (κ2) is 5.93. The third kappa shape index (κ3) is 3.87. The van der Waals surface area contributed by atoms with Gasteiger partial charge in [0.2, 0.25) is 0 Å². The number of nitrogens with two attached hydrogens (primary N) is 1. The van der Waals surface area contributed by atoms with Crippen LogP contribution in [0.1, 0.15) is 30.9 Å². The first-order valence-electron chi connectivity index (χ1n) is 6.61. The van der Waals surface area contributed by atoms with Crippen LogP contribution in [-0.2, 0) is 10.9 Å². The molecule has 3 N–H and O–H groups in total. The maximum absolute atomic E-state index is 13.0. The first-order chi connectivity index (χ1) is 9.77. The van der Waals surface area contributed by atoms with Gasteiger partial charge in [-0.3, -0.25) is 5.41 Å². The van der Waals surface area contributed by atoms with E-state index < -0.39 is 17.6 Å². The van der Waals surface area contributed by atoms with Crippen LogP contribution in [-0.4, -0.2) is 24.7 Å². The standard InChI is InChI=1S/C14H17F3N2O2/c1-8-2-4-10(21-8)7-20-12-5-3-9(13(18)19)6-11(12)14(15,16)17/h3,5-6,8,10H,2,4,7H2,1H3,(H3,18,19). The summed E-state index contributed by atoms with van der Waals surface area (Å²) in [5.74, 6) is -0.685. The Labute approximate surface area is 120 Å². The van der Waals surface area contributed by atoms with Crippen LogP contribution in [0.2, 0.25) is 0 Å². The van der Waals surface area contributed by atoms with Crippen LogP contribution in [0.4, 0.5) is 13.2 Å². The van der Waals surface area contributed by atoms with E-state index in [0.717, 1.165) is 18.9 Å². The maximum Gasteiger partial charge on any atom is 0.419 e. The largest absolute Gasteiger partial charge is 0.490 e. The molecule has 4 nitrogen and oxygen atoms in total. The lowest BCUT2D eigenvalue weighted by molar-refractivity contribution is -0.139. The minimum atomic E-state index is -4.56. The van der Waals surface area contributed by atoms with E-state index in [0.29, 0.717) is 0 Å². The van der Waals surface area contributed by atoms with E-state index in [1.165, 1.54) is 12.1 Å². The fraction of sp³-hybridized carbons (Fsp3) is 0.500. The van der Waals surface area contributed by atoms with Crippen molar-refractivity contribution in [3.63, 3.8) is 0 Å². The van der Waals surface area contributed by atoms with Gasteiger partial charge in [-0.2, -0.15) is 13.2 Å². The molecule has 0 spiro atoms. The molecular formula is C14H17F3N2O2. The molecule has 2 rings (SSSR count). The Bertz CT molecular complexity index is 531. The first-order valence-corrected chi connectivity index (χ1v) is 6.61. The Kier molecular flexibility index (Phi) is 4.41. The van der Waals surface area contributed by atoms with E-state index in [1.54, 1.807) is 0 Å². The summed E-state index contributed by atoms with van der Waals surface area (Å²) in [7, 11) is 0. The van der Waals surface area contributed by atoms with Gasteiger partial charge in [0, 0.05) is 5.56 Å². The second-order valence-electron chi connectivity index (χ2n) is 5.08. The summed E-state index contributed by atoms with van der Waals surface area (Å²) in [5, 5.41) is 7.22. The fourth-order valence-electron chi connectivity index (χ4n) is 2.24. The minimum Gasteiger partial charge on any atom is -0.490 e. The van der Waals surface area contributed by atoms with Crippen molar-refractivity contribution in [2.24, 2.45) is 5.73 Å². The number of alkyl halides is 3. The topological polar surface area (TPSA) is 68.3 Å². The van der Waals surface area contributed by atoms with E-state index in [9.17, 15) is 13.2 Å². The van der Waals surface area contributed by atoms with Gasteiger partial charge >= 0.3 is 6.18 Å². The van der Waals surface area contributed by atoms with Gasteiger partial charge in [-0.15, -0.1) is 0 Å². The monoisotopic (exact) mass is 302 g/mol. The average molecular weight is 302 g/mol. The zero-order valence-electron chi connectivity index (χ0n) is 11.5. The zero-order valence-corrected chi connectivity index (χ0v) is 11.5. The SMILES string of the molecule is CC1CCC(COc2ccc(C(=N)N)cc2C(F)(F)F)O1. The molecule has 0 amide bonds. The summed E-state index contributed by atoms with van der Waals surface area (Å²) in [6.45, 7) is 2.00. The number of nitrogen functional groups attached to an aromatic ring is 1. The summed E-state index contributed by atoms with van der Waals surface area (Å²) >= 11 is 0. The molecular weight excluding hydrogens is 285 g/mol. The van der Waals surface area contributed by atoms with Crippen LogP contribution in [0.3, 0.4) is 0 Å². The Hall–Kier alpha value is -1.76. The minimum absolute atomic E-state index is 0.0143. The van der Waals surface area contributed by atoms with Crippen molar-refractivity contribution in [1.29, 1.82) is 5.41 Å². The van der Waals surface area contributed by atoms with Crippen molar-refractivity contribution in [2.75, 3.05) is 6.61 Å². The molecule has 7 heteroatoms. The van der Waals surface area contributed by atoms with Crippen molar-refractivity contribution in [3.05, 3.63) is 29.3 Å². The van der Waals surface area contributed by atoms with Gasteiger partial charge in [-0.25, -0.2) is 0 Å². The summed E-state index contributed by atoms with van der Waals surface area (Å²) in [5.41, 5.74) is 4.30. The van der Waals surface area contributed by atoms with E-state index in [2.05, 4.69) is 0 Å². The van der Waals surface area contributed by atoms with Crippen LogP contribution in [0.15, 0.2) is 18.2 Å². The number of ether oxygens (including phenoxy) is 2. The van der Waals surface area contributed by atoms with Gasteiger partial charge in [0.1, 0.15) is 18.2 Å². The van der Waals surface area contributed by atoms with Crippen LogP contribution >= 0.6 is 0 Å². The highest BCUT2D eigenvalue weighted by molar-refractivity contribution is 5.95. The second-order valence-corrected chi connectivity index (χ2v) is 5.08. The van der Waals surface area contributed by atoms with Gasteiger partial charge in [0.15, 0.2) is 0 Å². The molecule has 1 heterocycles. The summed E-state index contributed by atoms with van der Waals surface area (Å²) in [4.78, 5) is 0. The Morgan fingerprint density at radius 2 is 2.14 bits per heavy atom. The van der Waals surface area contributed by atoms with Crippen molar-refractivity contribution in [1.82, 2.24) is 0 Å². The summed E-state index contributed by atoms with van der Waals surface area (Å²) < 4.78 is 49.9. The molecule has 0 radical (unpaired) electrons. The highest BCUT2D eigenvalue weighted by Crippen LogP contribution is 2.37. The zero-order chi connectivity index (χ0) is 15.6. The molecule has 1 saturated heterocycles. The number of hydrogen-bond acceptors (Lipinski definition) is 3. The highest BCUT2D eigenvalue weighted by Gasteiger charge is 2.35. The number of benzene rings is 1. The molecule has 0 bridgehead atoms. The van der Waals surface area contributed by atoms with Crippen LogP contribution < -0.4 is 10.5 Å². The molecule has 1 aliphatic heterocycles. The smallest absolute Gasteiger partial charge is 0.419 e. The number of nitrogens with one attached hydrogen (secondary N) is 1. The molecule has 1 aromatic rings. The number of rotatable bonds is 4. The maximum atomic E-state index is 13.0. The number of hydrogen-bond donors (Lipinski definition) is 2. The molecule has 0 aromatic heterocycles. The molecule has 1 aliphatic rings. The normalized spacial score (nSPS) is 22.3. The van der Waals surface area contributed by atoms with Crippen molar-refractivity contribution < 1.29 is 22.6 Å². The van der Waals surface area contributed by atoms with Gasteiger partial charge < -0.3 is 15.2 Å². The predicted octanol–water partition coefficient (Wildman–Crippen LogP) is 2.94. The van der Waals surface area contributed by atoms with Crippen molar-refractivity contribution in [3.8, 4) is 5.75 Å². The van der Waals surface area contributed by atoms with Crippen LogP contribution in [0.5, 0.6) is 5.75 Å². The molecule has 2 atom stereocenters. The van der Waals surface area contributed by atoms with E-state index in [-0.39, 0.29) is 30.1 Å². The first kappa shape index (κ1) is 15.6. The Morgan fingerprint density at radius 1 is 1.43 bits per heavy atom. The molecule has 0 saturated carbocycles. The van der Waals surface area contributed by atoms with Crippen molar-refractivity contribution in [2.45, 2.75) is 38.1 Å². The average Bonchev–Trinajstić information content (AvgIpc) is 2.81. The molecule has 0 aliphatic carbocycles. The lowest BCUT2D eigenvalue weighted by Crippen LogP contribution is -2.20. The lowest BCUT2D eigenvalue weighted by Gasteiger charge is -2.17. The molecule has 116 valence electrons. The third-order valence-electron chi connectivity index (χ3n) is 3.34. The quantitative estimate of drug-likeness (QED) is 0.663. The summed E-state index contributed by atoms with van der Waals surface area (Å²) in [6, 6.07) is 3.36. The van der Waals surface area contributed by atoms with Crippen LogP contribution in [0, 0.1) is 5.41 Å². The Balaban J connectivity index is 2.16. The number of amidine groups is 1. The van der Waals surface area contributed by atoms with Gasteiger partial charge in [-0.05, 0) is 38.0 Å². The summed E-state index contributed by atoms with van der Waals surface area (Å²) in [6.07, 6.45) is -2.99. The molecule has 1 aromatic carbocycles. The molecule has 2 unspecified atom stereocenters.